The van der Waals surface area contributed by atoms with Crippen LogP contribution < -0.4 is 0 Å². The Morgan fingerprint density at radius 1 is 1.25 bits per heavy atom. The summed E-state index contributed by atoms with van der Waals surface area (Å²) in [6.07, 6.45) is 7.21. The van der Waals surface area contributed by atoms with Gasteiger partial charge in [-0.3, -0.25) is 0 Å². The van der Waals surface area contributed by atoms with Crippen LogP contribution in [-0.4, -0.2) is 0 Å². The van der Waals surface area contributed by atoms with Crippen LogP contribution in [0.15, 0.2) is 0 Å². The van der Waals surface area contributed by atoms with E-state index in [1.165, 1.54) is 25.7 Å². The van der Waals surface area contributed by atoms with E-state index in [-0.39, 0.29) is 19.5 Å². The van der Waals surface area contributed by atoms with Crippen molar-refractivity contribution in [3.05, 3.63) is 13.3 Å². The van der Waals surface area contributed by atoms with E-state index in [0.717, 1.165) is 0 Å². The average Bonchev–Trinajstić information content (AvgIpc) is 2.02. The third-order valence-electron chi connectivity index (χ3n) is 1.54. The van der Waals surface area contributed by atoms with Gasteiger partial charge in [0.15, 0.2) is 0 Å². The summed E-state index contributed by atoms with van der Waals surface area (Å²) in [7, 11) is 0. The number of rotatable bonds is 4. The largest absolute Gasteiger partial charge is 2.00 e. The Morgan fingerprint density at radius 3 is 1.92 bits per heavy atom. The van der Waals surface area contributed by atoms with Gasteiger partial charge >= 0.3 is 19.5 Å². The summed E-state index contributed by atoms with van der Waals surface area (Å²) in [5.41, 5.74) is 0. The molecule has 0 aliphatic rings. The molecule has 1 heteroatoms. The van der Waals surface area contributed by atoms with Crippen LogP contribution >= 0.6 is 0 Å². The van der Waals surface area contributed by atoms with E-state index >= 15 is 0 Å². The Balaban J connectivity index is -0.000000177. The predicted molar refractivity (Wildman–Crippen MR) is 54.3 cm³/mol. The van der Waals surface area contributed by atoms with Gasteiger partial charge in [0.05, 0.1) is 0 Å². The number of hydrogen-bond acceptors (Lipinski definition) is 0. The molecule has 0 aliphatic heterocycles. The first-order valence-electron chi connectivity index (χ1n) is 4.79. The Labute approximate surface area is 92.3 Å². The summed E-state index contributed by atoms with van der Waals surface area (Å²) < 4.78 is 0. The van der Waals surface area contributed by atoms with E-state index in [1.54, 1.807) is 0 Å². The Kier molecular flexibility index (Phi) is 27.1. The van der Waals surface area contributed by atoms with Crippen LogP contribution in [0.3, 0.4) is 0 Å². The SMILES string of the molecule is C[CH-]C.[CH2-]C(CC)CCCC.[Zn+2]. The molecule has 0 bridgehead atoms. The van der Waals surface area contributed by atoms with Crippen LogP contribution in [0.5, 0.6) is 0 Å². The third-order valence-corrected chi connectivity index (χ3v) is 1.54. The third kappa shape index (κ3) is 22.4. The Bertz CT molecular complexity index is 53.0. The first kappa shape index (κ1) is 18.4. The minimum Gasteiger partial charge on any atom is -0.340 e. The molecule has 0 aromatic rings. The molecule has 70 valence electrons. The van der Waals surface area contributed by atoms with E-state index < -0.39 is 0 Å². The molecule has 0 rings (SSSR count). The predicted octanol–water partition coefficient (Wildman–Crippen LogP) is 4.26. The molecule has 12 heavy (non-hydrogen) atoms. The molecule has 0 aliphatic carbocycles. The van der Waals surface area contributed by atoms with Gasteiger partial charge in [-0.2, -0.15) is 19.8 Å². The summed E-state index contributed by atoms with van der Waals surface area (Å²) in [5, 5.41) is 0. The Morgan fingerprint density at radius 2 is 1.67 bits per heavy atom. The van der Waals surface area contributed by atoms with Crippen molar-refractivity contribution in [2.75, 3.05) is 0 Å². The minimum atomic E-state index is 0. The summed E-state index contributed by atoms with van der Waals surface area (Å²) in [6, 6.07) is 0. The van der Waals surface area contributed by atoms with Gasteiger partial charge in [0.1, 0.15) is 0 Å². The second kappa shape index (κ2) is 17.6. The van der Waals surface area contributed by atoms with Gasteiger partial charge in [-0.05, 0) is 0 Å². The van der Waals surface area contributed by atoms with Crippen molar-refractivity contribution in [2.24, 2.45) is 5.92 Å². The zero-order chi connectivity index (χ0) is 9.11. The normalized spacial score (nSPS) is 10.8. The zero-order valence-electron chi connectivity index (χ0n) is 9.40. The smallest absolute Gasteiger partial charge is 0.340 e. The molecule has 0 amide bonds. The first-order valence-corrected chi connectivity index (χ1v) is 4.79. The van der Waals surface area contributed by atoms with Crippen LogP contribution in [-0.2, 0) is 19.5 Å². The van der Waals surface area contributed by atoms with E-state index in [4.69, 9.17) is 0 Å². The van der Waals surface area contributed by atoms with Gasteiger partial charge in [-0.1, -0.05) is 39.5 Å². The van der Waals surface area contributed by atoms with Crippen molar-refractivity contribution in [1.29, 1.82) is 0 Å². The topological polar surface area (TPSA) is 0 Å². The Hall–Kier alpha value is 0.623. The van der Waals surface area contributed by atoms with Gasteiger partial charge in [-0.15, -0.1) is 0 Å². The first-order chi connectivity index (χ1) is 5.22. The van der Waals surface area contributed by atoms with Crippen molar-refractivity contribution in [2.45, 2.75) is 53.4 Å². The van der Waals surface area contributed by atoms with Crippen LogP contribution in [0.1, 0.15) is 53.4 Å². The van der Waals surface area contributed by atoms with Gasteiger partial charge in [0.2, 0.25) is 0 Å². The standard InChI is InChI=1S/C8H17.C3H7.Zn/c1-4-6-7-8(3)5-2;1-3-2;/h8H,3-7H2,1-2H3;3H,1-2H3;/q2*-1;+2. The second-order valence-corrected chi connectivity index (χ2v) is 2.99. The van der Waals surface area contributed by atoms with Gasteiger partial charge in [0.25, 0.3) is 0 Å². The molecule has 0 saturated carbocycles. The molecule has 0 saturated heterocycles. The van der Waals surface area contributed by atoms with Gasteiger partial charge in [0, 0.05) is 0 Å². The minimum absolute atomic E-state index is 0. The molecular weight excluding hydrogens is 198 g/mol. The number of hydrogen-bond donors (Lipinski definition) is 0. The quantitative estimate of drug-likeness (QED) is 0.492. The van der Waals surface area contributed by atoms with Gasteiger partial charge in [-0.25, -0.2) is 0 Å². The average molecular weight is 222 g/mol. The summed E-state index contributed by atoms with van der Waals surface area (Å²) in [6.45, 7) is 12.4. The molecule has 1 atom stereocenters. The van der Waals surface area contributed by atoms with Crippen LogP contribution in [0, 0.1) is 19.3 Å². The van der Waals surface area contributed by atoms with E-state index in [0.29, 0.717) is 5.92 Å². The van der Waals surface area contributed by atoms with Crippen molar-refractivity contribution in [3.8, 4) is 0 Å². The van der Waals surface area contributed by atoms with E-state index in [9.17, 15) is 0 Å². The molecule has 0 nitrogen and oxygen atoms in total. The fourth-order valence-corrected chi connectivity index (χ4v) is 0.697. The molecule has 0 fully saturated rings. The van der Waals surface area contributed by atoms with E-state index in [1.807, 2.05) is 20.3 Å². The summed E-state index contributed by atoms with van der Waals surface area (Å²) in [4.78, 5) is 0. The monoisotopic (exact) mass is 220 g/mol. The summed E-state index contributed by atoms with van der Waals surface area (Å²) >= 11 is 0. The molecule has 0 radical (unpaired) electrons. The molecule has 0 aromatic heterocycles. The summed E-state index contributed by atoms with van der Waals surface area (Å²) in [5.74, 6) is 0.704. The molecule has 1 unspecified atom stereocenters. The number of unbranched alkanes of at least 4 members (excludes halogenated alkanes) is 1. The van der Waals surface area contributed by atoms with Crippen molar-refractivity contribution >= 4 is 0 Å². The molecule has 0 heterocycles. The van der Waals surface area contributed by atoms with Crippen molar-refractivity contribution in [1.82, 2.24) is 0 Å². The fourth-order valence-electron chi connectivity index (χ4n) is 0.697. The maximum atomic E-state index is 3.99. The van der Waals surface area contributed by atoms with Gasteiger partial charge < -0.3 is 13.3 Å². The maximum absolute atomic E-state index is 3.99. The molecule has 0 aromatic carbocycles. The zero-order valence-corrected chi connectivity index (χ0v) is 12.4. The fraction of sp³-hybridized carbons (Fsp3) is 0.818. The van der Waals surface area contributed by atoms with Crippen molar-refractivity contribution in [3.63, 3.8) is 0 Å². The van der Waals surface area contributed by atoms with E-state index in [2.05, 4.69) is 20.8 Å². The van der Waals surface area contributed by atoms with Crippen LogP contribution in [0.25, 0.3) is 0 Å². The molecular formula is C11H24Zn. The van der Waals surface area contributed by atoms with Crippen molar-refractivity contribution < 1.29 is 19.5 Å². The second-order valence-electron chi connectivity index (χ2n) is 2.99. The van der Waals surface area contributed by atoms with Crippen LogP contribution in [0.2, 0.25) is 0 Å². The molecule has 0 N–H and O–H groups in total. The maximum Gasteiger partial charge on any atom is 2.00 e. The van der Waals surface area contributed by atoms with Crippen LogP contribution in [0.4, 0.5) is 0 Å². The molecule has 0 spiro atoms.